The highest BCUT2D eigenvalue weighted by Gasteiger charge is 2.12. The molecule has 0 saturated carbocycles. The second-order valence-electron chi connectivity index (χ2n) is 8.01. The molecular weight excluding hydrogens is 444 g/mol. The maximum atomic E-state index is 12.6. The van der Waals surface area contributed by atoms with Crippen molar-refractivity contribution in [3.8, 4) is 17.0 Å². The summed E-state index contributed by atoms with van der Waals surface area (Å²) in [6, 6.07) is 14.6. The molecule has 9 heteroatoms. The second-order valence-corrected chi connectivity index (χ2v) is 8.01. The van der Waals surface area contributed by atoms with E-state index < -0.39 is 0 Å². The third-order valence-corrected chi connectivity index (χ3v) is 5.40. The number of nitrogens with zero attached hydrogens (tertiary/aromatic N) is 3. The van der Waals surface area contributed by atoms with Crippen LogP contribution in [-0.2, 0) is 0 Å². The van der Waals surface area contributed by atoms with Gasteiger partial charge in [-0.3, -0.25) is 25.4 Å². The molecule has 4 rings (SSSR count). The lowest BCUT2D eigenvalue weighted by molar-refractivity contribution is 0.102. The number of aromatic nitrogens is 3. The van der Waals surface area contributed by atoms with Crippen LogP contribution in [0.4, 0.5) is 17.2 Å². The van der Waals surface area contributed by atoms with Crippen molar-refractivity contribution in [1.82, 2.24) is 15.0 Å². The van der Waals surface area contributed by atoms with Gasteiger partial charge in [-0.2, -0.15) is 0 Å². The van der Waals surface area contributed by atoms with Crippen molar-refractivity contribution < 1.29 is 14.7 Å². The summed E-state index contributed by atoms with van der Waals surface area (Å²) >= 11 is 0. The molecule has 1 amide bonds. The SMILES string of the molecule is COc1cc(-c2cncc(N[C@@H](C)c3cccc(NC(=O)c4cncc(C)c4)c3)n2)ccc1NO. The minimum Gasteiger partial charge on any atom is -0.494 e. The summed E-state index contributed by atoms with van der Waals surface area (Å²) in [5, 5.41) is 15.5. The summed E-state index contributed by atoms with van der Waals surface area (Å²) in [5.74, 6) is 0.868. The van der Waals surface area contributed by atoms with Gasteiger partial charge in [-0.15, -0.1) is 0 Å². The fraction of sp³-hybridized carbons (Fsp3) is 0.154. The van der Waals surface area contributed by atoms with Gasteiger partial charge in [-0.25, -0.2) is 4.98 Å². The van der Waals surface area contributed by atoms with Gasteiger partial charge in [0.2, 0.25) is 0 Å². The molecule has 178 valence electrons. The number of methoxy groups -OCH3 is 1. The smallest absolute Gasteiger partial charge is 0.257 e. The molecule has 0 saturated heterocycles. The van der Waals surface area contributed by atoms with E-state index in [-0.39, 0.29) is 11.9 Å². The van der Waals surface area contributed by atoms with Crippen molar-refractivity contribution in [3.63, 3.8) is 0 Å². The van der Waals surface area contributed by atoms with Crippen LogP contribution in [0.5, 0.6) is 5.75 Å². The Morgan fingerprint density at radius 2 is 1.86 bits per heavy atom. The molecular formula is C26H26N6O3. The van der Waals surface area contributed by atoms with Gasteiger partial charge in [0.25, 0.3) is 5.91 Å². The maximum Gasteiger partial charge on any atom is 0.257 e. The monoisotopic (exact) mass is 470 g/mol. The van der Waals surface area contributed by atoms with Crippen LogP contribution >= 0.6 is 0 Å². The molecule has 2 aromatic heterocycles. The number of carbonyl (C=O) groups is 1. The zero-order chi connectivity index (χ0) is 24.8. The summed E-state index contributed by atoms with van der Waals surface area (Å²) in [6.07, 6.45) is 6.57. The number of hydrogen-bond acceptors (Lipinski definition) is 8. The summed E-state index contributed by atoms with van der Waals surface area (Å²) in [7, 11) is 1.53. The third kappa shape index (κ3) is 5.71. The van der Waals surface area contributed by atoms with Crippen molar-refractivity contribution in [2.24, 2.45) is 0 Å². The van der Waals surface area contributed by atoms with Crippen LogP contribution in [0.3, 0.4) is 0 Å². The summed E-state index contributed by atoms with van der Waals surface area (Å²) in [6.45, 7) is 3.90. The Balaban J connectivity index is 1.49. The minimum atomic E-state index is -0.213. The molecule has 4 aromatic rings. The Morgan fingerprint density at radius 3 is 2.63 bits per heavy atom. The molecule has 2 heterocycles. The van der Waals surface area contributed by atoms with Crippen LogP contribution in [0.15, 0.2) is 73.3 Å². The zero-order valence-corrected chi connectivity index (χ0v) is 19.6. The third-order valence-electron chi connectivity index (χ3n) is 5.40. The Labute approximate surface area is 203 Å². The van der Waals surface area contributed by atoms with Crippen molar-refractivity contribution in [2.45, 2.75) is 19.9 Å². The van der Waals surface area contributed by atoms with E-state index in [9.17, 15) is 10.0 Å². The molecule has 0 bridgehead atoms. The number of aryl methyl sites for hydroxylation is 1. The molecule has 0 aliphatic heterocycles. The molecule has 0 fully saturated rings. The van der Waals surface area contributed by atoms with E-state index in [1.807, 2.05) is 44.2 Å². The van der Waals surface area contributed by atoms with Crippen molar-refractivity contribution >= 4 is 23.1 Å². The molecule has 0 aliphatic rings. The van der Waals surface area contributed by atoms with Crippen molar-refractivity contribution in [2.75, 3.05) is 23.2 Å². The first-order valence-corrected chi connectivity index (χ1v) is 11.0. The molecule has 0 aliphatic carbocycles. The van der Waals surface area contributed by atoms with E-state index in [0.29, 0.717) is 34.2 Å². The van der Waals surface area contributed by atoms with Gasteiger partial charge in [0.15, 0.2) is 0 Å². The molecule has 0 spiro atoms. The first-order chi connectivity index (χ1) is 17.0. The lowest BCUT2D eigenvalue weighted by atomic mass is 10.1. The highest BCUT2D eigenvalue weighted by atomic mass is 16.5. The van der Waals surface area contributed by atoms with E-state index in [0.717, 1.165) is 16.7 Å². The van der Waals surface area contributed by atoms with Gasteiger partial charge in [0, 0.05) is 23.6 Å². The minimum absolute atomic E-state index is 0.104. The van der Waals surface area contributed by atoms with Crippen molar-refractivity contribution in [3.05, 3.63) is 90.0 Å². The highest BCUT2D eigenvalue weighted by Crippen LogP contribution is 2.30. The van der Waals surface area contributed by atoms with E-state index in [1.54, 1.807) is 43.0 Å². The number of rotatable bonds is 8. The fourth-order valence-electron chi connectivity index (χ4n) is 3.59. The number of nitrogens with one attached hydrogen (secondary N) is 3. The lowest BCUT2D eigenvalue weighted by Crippen LogP contribution is -2.13. The number of benzene rings is 2. The van der Waals surface area contributed by atoms with Gasteiger partial charge in [-0.1, -0.05) is 18.2 Å². The first kappa shape index (κ1) is 23.7. The maximum absolute atomic E-state index is 12.6. The molecule has 0 unspecified atom stereocenters. The summed E-state index contributed by atoms with van der Waals surface area (Å²) < 4.78 is 5.30. The molecule has 9 nitrogen and oxygen atoms in total. The van der Waals surface area contributed by atoms with E-state index in [2.05, 4.69) is 31.1 Å². The van der Waals surface area contributed by atoms with Gasteiger partial charge in [0.05, 0.1) is 36.8 Å². The zero-order valence-electron chi connectivity index (χ0n) is 19.6. The van der Waals surface area contributed by atoms with Crippen LogP contribution < -0.4 is 20.9 Å². The Morgan fingerprint density at radius 1 is 1.03 bits per heavy atom. The summed E-state index contributed by atoms with van der Waals surface area (Å²) in [5.41, 5.74) is 7.09. The average molecular weight is 471 g/mol. The Bertz CT molecular complexity index is 1340. The van der Waals surface area contributed by atoms with Gasteiger partial charge >= 0.3 is 0 Å². The summed E-state index contributed by atoms with van der Waals surface area (Å²) in [4.78, 5) is 25.6. The van der Waals surface area contributed by atoms with Gasteiger partial charge in [-0.05, 0) is 55.3 Å². The van der Waals surface area contributed by atoms with Crippen LogP contribution in [0.2, 0.25) is 0 Å². The van der Waals surface area contributed by atoms with Crippen LogP contribution in [-0.4, -0.2) is 33.2 Å². The highest BCUT2D eigenvalue weighted by molar-refractivity contribution is 6.04. The standard InChI is InChI=1S/C26H26N6O3/c1-16-9-20(13-27-12-16)26(33)30-21-6-4-5-18(10-21)17(2)29-25-15-28-14-23(31-25)19-7-8-22(32-34)24(11-19)35-3/h4-15,17,32,34H,1-3H3,(H,29,31)(H,30,33)/t17-/m0/s1. The van der Waals surface area contributed by atoms with Crippen LogP contribution in [0, 0.1) is 6.92 Å². The largest absolute Gasteiger partial charge is 0.494 e. The van der Waals surface area contributed by atoms with Crippen LogP contribution in [0.1, 0.15) is 34.5 Å². The van der Waals surface area contributed by atoms with Crippen molar-refractivity contribution in [1.29, 1.82) is 0 Å². The molecule has 2 aromatic carbocycles. The number of hydrogen-bond donors (Lipinski definition) is 4. The fourth-order valence-corrected chi connectivity index (χ4v) is 3.59. The Hall–Kier alpha value is -4.50. The van der Waals surface area contributed by atoms with E-state index in [4.69, 9.17) is 4.74 Å². The van der Waals surface area contributed by atoms with E-state index in [1.165, 1.54) is 7.11 Å². The molecule has 1 atom stereocenters. The average Bonchev–Trinajstić information content (AvgIpc) is 2.88. The predicted molar refractivity (Wildman–Crippen MR) is 135 cm³/mol. The molecule has 35 heavy (non-hydrogen) atoms. The number of amides is 1. The molecule has 0 radical (unpaired) electrons. The van der Waals surface area contributed by atoms with Crippen LogP contribution in [0.25, 0.3) is 11.3 Å². The molecule has 4 N–H and O–H groups in total. The van der Waals surface area contributed by atoms with E-state index >= 15 is 0 Å². The Kier molecular flexibility index (Phi) is 7.18. The predicted octanol–water partition coefficient (Wildman–Crippen LogP) is 5.08. The topological polar surface area (TPSA) is 121 Å². The number of anilines is 3. The number of carbonyl (C=O) groups excluding carboxylic acids is 1. The van der Waals surface area contributed by atoms with Gasteiger partial charge < -0.3 is 15.4 Å². The first-order valence-electron chi connectivity index (χ1n) is 11.0. The number of pyridine rings is 1. The quantitative estimate of drug-likeness (QED) is 0.263. The number of ether oxygens (including phenoxy) is 1. The normalized spacial score (nSPS) is 11.4. The van der Waals surface area contributed by atoms with Gasteiger partial charge in [0.1, 0.15) is 17.3 Å². The second kappa shape index (κ2) is 10.6. The lowest BCUT2D eigenvalue weighted by Gasteiger charge is -2.17.